The molecule has 1 aromatic carbocycles. The Morgan fingerprint density at radius 2 is 1.94 bits per heavy atom. The fourth-order valence-electron chi connectivity index (χ4n) is 2.07. The predicted molar refractivity (Wildman–Crippen MR) is 68.2 cm³/mol. The number of rotatable bonds is 3. The molecule has 0 atom stereocenters. The van der Waals surface area contributed by atoms with Crippen molar-refractivity contribution in [2.75, 3.05) is 13.1 Å². The van der Waals surface area contributed by atoms with Gasteiger partial charge in [-0.2, -0.15) is 0 Å². The fraction of sp³-hybridized carbons (Fsp3) is 0.429. The summed E-state index contributed by atoms with van der Waals surface area (Å²) in [5.74, 6) is -0.207. The highest BCUT2D eigenvalue weighted by molar-refractivity contribution is 5.85. The molecule has 2 N–H and O–H groups in total. The molecule has 1 amide bonds. The minimum Gasteiger partial charge on any atom is -0.342 e. The highest BCUT2D eigenvalue weighted by Crippen LogP contribution is 2.11. The number of carbonyl (C=O) groups is 1. The Bertz CT molecular complexity index is 397. The zero-order valence-electron chi connectivity index (χ0n) is 10.3. The molecule has 18 heavy (non-hydrogen) atoms. The van der Waals surface area contributed by atoms with Gasteiger partial charge >= 0.3 is 0 Å². The molecular formula is C14H18FN2O. The van der Waals surface area contributed by atoms with Gasteiger partial charge in [0.15, 0.2) is 0 Å². The Hall–Kier alpha value is -1.42. The van der Waals surface area contributed by atoms with Gasteiger partial charge in [-0.25, -0.2) is 4.39 Å². The molecule has 97 valence electrons. The molecule has 2 rings (SSSR count). The van der Waals surface area contributed by atoms with E-state index >= 15 is 0 Å². The maximum absolute atomic E-state index is 12.7. The third kappa shape index (κ3) is 3.53. The quantitative estimate of drug-likeness (QED) is 0.883. The van der Waals surface area contributed by atoms with Crippen molar-refractivity contribution in [3.8, 4) is 0 Å². The minimum atomic E-state index is -0.255. The van der Waals surface area contributed by atoms with Crippen molar-refractivity contribution in [2.45, 2.75) is 25.3 Å². The maximum Gasteiger partial charge on any atom is 0.226 e. The van der Waals surface area contributed by atoms with E-state index in [0.29, 0.717) is 6.42 Å². The van der Waals surface area contributed by atoms with E-state index < -0.39 is 0 Å². The van der Waals surface area contributed by atoms with Gasteiger partial charge in [-0.05, 0) is 37.0 Å². The molecule has 1 saturated heterocycles. The molecule has 1 aliphatic heterocycles. The number of amides is 1. The van der Waals surface area contributed by atoms with E-state index in [0.717, 1.165) is 31.5 Å². The molecule has 0 unspecified atom stereocenters. The van der Waals surface area contributed by atoms with Crippen molar-refractivity contribution < 1.29 is 9.18 Å². The van der Waals surface area contributed by atoms with Gasteiger partial charge in [-0.3, -0.25) is 4.79 Å². The van der Waals surface area contributed by atoms with E-state index in [4.69, 9.17) is 5.73 Å². The number of nitrogens with two attached hydrogens (primary N) is 1. The van der Waals surface area contributed by atoms with Gasteiger partial charge in [0.25, 0.3) is 0 Å². The van der Waals surface area contributed by atoms with Crippen molar-refractivity contribution >= 4 is 5.91 Å². The Labute approximate surface area is 107 Å². The smallest absolute Gasteiger partial charge is 0.226 e. The second-order valence-corrected chi connectivity index (χ2v) is 4.70. The van der Waals surface area contributed by atoms with Crippen LogP contribution in [-0.4, -0.2) is 29.9 Å². The molecule has 3 nitrogen and oxygen atoms in total. The third-order valence-corrected chi connectivity index (χ3v) is 3.28. The maximum atomic E-state index is 12.7. The molecule has 0 aromatic heterocycles. The summed E-state index contributed by atoms with van der Waals surface area (Å²) in [7, 11) is 0. The van der Waals surface area contributed by atoms with Gasteiger partial charge in [0, 0.05) is 19.1 Å². The van der Waals surface area contributed by atoms with Crippen LogP contribution in [0.1, 0.15) is 18.4 Å². The molecule has 1 radical (unpaired) electrons. The summed E-state index contributed by atoms with van der Waals surface area (Å²) in [5.41, 5.74) is 6.74. The fourth-order valence-corrected chi connectivity index (χ4v) is 2.07. The molecule has 0 saturated carbocycles. The van der Waals surface area contributed by atoms with Gasteiger partial charge < -0.3 is 10.6 Å². The first-order chi connectivity index (χ1) is 8.65. The normalized spacial score (nSPS) is 16.9. The lowest BCUT2D eigenvalue weighted by atomic mass is 10.0. The van der Waals surface area contributed by atoms with Crippen LogP contribution in [0, 0.1) is 12.2 Å². The van der Waals surface area contributed by atoms with Crippen LogP contribution in [-0.2, 0) is 11.2 Å². The Morgan fingerprint density at radius 1 is 1.33 bits per heavy atom. The second-order valence-electron chi connectivity index (χ2n) is 4.70. The van der Waals surface area contributed by atoms with Crippen LogP contribution in [0.25, 0.3) is 0 Å². The number of carbonyl (C=O) groups excluding carboxylic acids is 1. The lowest BCUT2D eigenvalue weighted by Crippen LogP contribution is -2.43. The molecule has 1 aliphatic rings. The summed E-state index contributed by atoms with van der Waals surface area (Å²) in [6.07, 6.45) is 3.94. The molecule has 4 heteroatoms. The molecule has 1 fully saturated rings. The van der Waals surface area contributed by atoms with E-state index in [1.807, 2.05) is 4.90 Å². The van der Waals surface area contributed by atoms with Crippen LogP contribution in [0.15, 0.2) is 24.3 Å². The van der Waals surface area contributed by atoms with Gasteiger partial charge in [0.1, 0.15) is 5.82 Å². The van der Waals surface area contributed by atoms with Crippen LogP contribution < -0.4 is 5.73 Å². The van der Waals surface area contributed by atoms with Crippen LogP contribution in [0.4, 0.5) is 4.39 Å². The van der Waals surface area contributed by atoms with Gasteiger partial charge in [-0.15, -0.1) is 0 Å². The lowest BCUT2D eigenvalue weighted by molar-refractivity contribution is -0.128. The standard InChI is InChI=1S/C14H18FN2O/c15-12-4-1-11(2-5-12)3-6-14(18)17-9-7-13(16)8-10-17/h1-2,4-6,13H,3,7-10,16H2. The summed E-state index contributed by atoms with van der Waals surface area (Å²) in [5, 5.41) is 0. The topological polar surface area (TPSA) is 46.3 Å². The van der Waals surface area contributed by atoms with Crippen LogP contribution >= 0.6 is 0 Å². The predicted octanol–water partition coefficient (Wildman–Crippen LogP) is 1.52. The summed E-state index contributed by atoms with van der Waals surface area (Å²) in [6.45, 7) is 1.47. The second kappa shape index (κ2) is 5.96. The van der Waals surface area contributed by atoms with Crippen molar-refractivity contribution in [3.05, 3.63) is 42.1 Å². The van der Waals surface area contributed by atoms with Crippen molar-refractivity contribution in [2.24, 2.45) is 5.73 Å². The number of hydrogen-bond acceptors (Lipinski definition) is 2. The van der Waals surface area contributed by atoms with Crippen LogP contribution in [0.2, 0.25) is 0 Å². The summed E-state index contributed by atoms with van der Waals surface area (Å²) >= 11 is 0. The molecular weight excluding hydrogens is 231 g/mol. The number of nitrogens with zero attached hydrogens (tertiary/aromatic N) is 1. The van der Waals surface area contributed by atoms with Crippen molar-refractivity contribution in [1.82, 2.24) is 4.90 Å². The SMILES string of the molecule is NC1CCN(C(=O)[CH]Cc2ccc(F)cc2)CC1. The number of likely N-dealkylation sites (tertiary alicyclic amines) is 1. The number of benzene rings is 1. The largest absolute Gasteiger partial charge is 0.342 e. The summed E-state index contributed by atoms with van der Waals surface area (Å²) in [4.78, 5) is 13.7. The van der Waals surface area contributed by atoms with E-state index in [9.17, 15) is 9.18 Å². The monoisotopic (exact) mass is 249 g/mol. The lowest BCUT2D eigenvalue weighted by Gasteiger charge is -2.30. The molecule has 1 heterocycles. The number of halogens is 1. The zero-order valence-corrected chi connectivity index (χ0v) is 10.3. The first kappa shape index (κ1) is 13.0. The minimum absolute atomic E-state index is 0.0474. The summed E-state index contributed by atoms with van der Waals surface area (Å²) < 4.78 is 12.7. The Balaban J connectivity index is 1.79. The van der Waals surface area contributed by atoms with E-state index in [1.165, 1.54) is 12.1 Å². The molecule has 1 aromatic rings. The van der Waals surface area contributed by atoms with E-state index in [-0.39, 0.29) is 17.8 Å². The average molecular weight is 249 g/mol. The summed E-state index contributed by atoms with van der Waals surface area (Å²) in [6, 6.07) is 6.45. The van der Waals surface area contributed by atoms with Gasteiger partial charge in [0.2, 0.25) is 5.91 Å². The van der Waals surface area contributed by atoms with Crippen LogP contribution in [0.5, 0.6) is 0 Å². The Kier molecular flexibility index (Phi) is 4.31. The third-order valence-electron chi connectivity index (χ3n) is 3.28. The Morgan fingerprint density at radius 3 is 2.56 bits per heavy atom. The van der Waals surface area contributed by atoms with Gasteiger partial charge in [0.05, 0.1) is 6.42 Å². The number of hydrogen-bond donors (Lipinski definition) is 1. The first-order valence-corrected chi connectivity index (χ1v) is 6.27. The molecule has 0 aliphatic carbocycles. The van der Waals surface area contributed by atoms with E-state index in [1.54, 1.807) is 18.6 Å². The van der Waals surface area contributed by atoms with Crippen molar-refractivity contribution in [3.63, 3.8) is 0 Å². The van der Waals surface area contributed by atoms with Gasteiger partial charge in [-0.1, -0.05) is 12.1 Å². The number of piperidine rings is 1. The van der Waals surface area contributed by atoms with E-state index in [2.05, 4.69) is 0 Å². The first-order valence-electron chi connectivity index (χ1n) is 6.27. The zero-order chi connectivity index (χ0) is 13.0. The average Bonchev–Trinajstić information content (AvgIpc) is 2.38. The highest BCUT2D eigenvalue weighted by atomic mass is 19.1. The molecule has 0 bridgehead atoms. The van der Waals surface area contributed by atoms with Crippen LogP contribution in [0.3, 0.4) is 0 Å². The highest BCUT2D eigenvalue weighted by Gasteiger charge is 2.20. The molecule has 0 spiro atoms. The van der Waals surface area contributed by atoms with Crippen molar-refractivity contribution in [1.29, 1.82) is 0 Å².